The number of piperazine rings is 1. The third-order valence-electron chi connectivity index (χ3n) is 4.18. The van der Waals surface area contributed by atoms with E-state index in [1.807, 2.05) is 4.90 Å². The minimum Gasteiger partial charge on any atom is -0.378 e. The van der Waals surface area contributed by atoms with Crippen LogP contribution in [0.4, 0.5) is 0 Å². The van der Waals surface area contributed by atoms with Gasteiger partial charge in [0.25, 0.3) is 0 Å². The molecule has 2 rings (SSSR count). The molecule has 0 spiro atoms. The van der Waals surface area contributed by atoms with E-state index in [0.29, 0.717) is 24.3 Å². The SMILES string of the molecule is CC(C)CC1COCCN1CCC(=O)N1CCNCC1. The molecule has 0 aromatic rings. The van der Waals surface area contributed by atoms with Crippen LogP contribution in [0.15, 0.2) is 0 Å². The van der Waals surface area contributed by atoms with Gasteiger partial charge in [-0.25, -0.2) is 0 Å². The van der Waals surface area contributed by atoms with Gasteiger partial charge in [0, 0.05) is 51.7 Å². The average molecular weight is 283 g/mol. The van der Waals surface area contributed by atoms with Crippen molar-refractivity contribution in [1.82, 2.24) is 15.1 Å². The van der Waals surface area contributed by atoms with E-state index in [-0.39, 0.29) is 0 Å². The molecular formula is C15H29N3O2. The number of amides is 1. The molecule has 0 radical (unpaired) electrons. The van der Waals surface area contributed by atoms with E-state index < -0.39 is 0 Å². The summed E-state index contributed by atoms with van der Waals surface area (Å²) >= 11 is 0. The summed E-state index contributed by atoms with van der Waals surface area (Å²) in [7, 11) is 0. The van der Waals surface area contributed by atoms with E-state index in [2.05, 4.69) is 24.1 Å². The molecule has 2 aliphatic rings. The zero-order valence-electron chi connectivity index (χ0n) is 12.9. The molecular weight excluding hydrogens is 254 g/mol. The van der Waals surface area contributed by atoms with E-state index in [4.69, 9.17) is 4.74 Å². The maximum absolute atomic E-state index is 12.2. The number of carbonyl (C=O) groups excluding carboxylic acids is 1. The highest BCUT2D eigenvalue weighted by molar-refractivity contribution is 5.76. The van der Waals surface area contributed by atoms with Crippen molar-refractivity contribution in [1.29, 1.82) is 0 Å². The van der Waals surface area contributed by atoms with E-state index in [1.165, 1.54) is 0 Å². The Labute approximate surface area is 122 Å². The number of carbonyl (C=O) groups is 1. The van der Waals surface area contributed by atoms with Crippen LogP contribution >= 0.6 is 0 Å². The van der Waals surface area contributed by atoms with Crippen molar-refractivity contribution in [3.63, 3.8) is 0 Å². The summed E-state index contributed by atoms with van der Waals surface area (Å²) in [5, 5.41) is 3.28. The summed E-state index contributed by atoms with van der Waals surface area (Å²) in [5.74, 6) is 0.981. The summed E-state index contributed by atoms with van der Waals surface area (Å²) in [5.41, 5.74) is 0. The lowest BCUT2D eigenvalue weighted by Gasteiger charge is -2.37. The van der Waals surface area contributed by atoms with Crippen molar-refractivity contribution in [2.45, 2.75) is 32.7 Å². The van der Waals surface area contributed by atoms with Crippen LogP contribution in [0.2, 0.25) is 0 Å². The molecule has 5 heteroatoms. The van der Waals surface area contributed by atoms with Crippen LogP contribution in [-0.2, 0) is 9.53 Å². The van der Waals surface area contributed by atoms with Gasteiger partial charge in [-0.05, 0) is 12.3 Å². The van der Waals surface area contributed by atoms with Crippen molar-refractivity contribution >= 4 is 5.91 Å². The van der Waals surface area contributed by atoms with Crippen molar-refractivity contribution in [3.8, 4) is 0 Å². The summed E-state index contributed by atoms with van der Waals surface area (Å²) in [6.45, 7) is 11.5. The van der Waals surface area contributed by atoms with Crippen LogP contribution in [0.3, 0.4) is 0 Å². The Balaban J connectivity index is 1.76. The maximum atomic E-state index is 12.2. The van der Waals surface area contributed by atoms with E-state index >= 15 is 0 Å². The van der Waals surface area contributed by atoms with Crippen LogP contribution < -0.4 is 5.32 Å². The largest absolute Gasteiger partial charge is 0.378 e. The fraction of sp³-hybridized carbons (Fsp3) is 0.933. The number of nitrogens with zero attached hydrogens (tertiary/aromatic N) is 2. The van der Waals surface area contributed by atoms with E-state index in [9.17, 15) is 4.79 Å². The highest BCUT2D eigenvalue weighted by Gasteiger charge is 2.25. The molecule has 1 N–H and O–H groups in total. The molecule has 1 atom stereocenters. The van der Waals surface area contributed by atoms with Gasteiger partial charge in [-0.3, -0.25) is 9.69 Å². The minimum absolute atomic E-state index is 0.307. The second-order valence-electron chi connectivity index (χ2n) is 6.28. The Kier molecular flexibility index (Phi) is 6.26. The molecule has 0 bridgehead atoms. The first-order valence-corrected chi connectivity index (χ1v) is 7.97. The van der Waals surface area contributed by atoms with Crippen LogP contribution in [-0.4, -0.2) is 74.2 Å². The molecule has 20 heavy (non-hydrogen) atoms. The predicted molar refractivity (Wildman–Crippen MR) is 79.7 cm³/mol. The minimum atomic E-state index is 0.307. The smallest absolute Gasteiger partial charge is 0.223 e. The Morgan fingerprint density at radius 1 is 1.30 bits per heavy atom. The second kappa shape index (κ2) is 7.96. The Bertz CT molecular complexity index is 303. The summed E-state index contributed by atoms with van der Waals surface area (Å²) in [6.07, 6.45) is 1.80. The number of hydrogen-bond donors (Lipinski definition) is 1. The number of morpholine rings is 1. The zero-order chi connectivity index (χ0) is 14.4. The molecule has 0 saturated carbocycles. The van der Waals surface area contributed by atoms with Crippen molar-refractivity contribution in [2.24, 2.45) is 5.92 Å². The monoisotopic (exact) mass is 283 g/mol. The van der Waals surface area contributed by atoms with Crippen molar-refractivity contribution in [2.75, 3.05) is 52.5 Å². The lowest BCUT2D eigenvalue weighted by Crippen LogP contribution is -2.49. The lowest BCUT2D eigenvalue weighted by molar-refractivity contribution is -0.132. The average Bonchev–Trinajstić information content (AvgIpc) is 2.46. The molecule has 2 heterocycles. The van der Waals surface area contributed by atoms with E-state index in [1.54, 1.807) is 0 Å². The fourth-order valence-corrected chi connectivity index (χ4v) is 3.06. The summed E-state index contributed by atoms with van der Waals surface area (Å²) in [4.78, 5) is 16.7. The van der Waals surface area contributed by atoms with Gasteiger partial charge in [0.05, 0.1) is 13.2 Å². The van der Waals surface area contributed by atoms with Crippen LogP contribution in [0, 0.1) is 5.92 Å². The van der Waals surface area contributed by atoms with Gasteiger partial charge >= 0.3 is 0 Å². The number of hydrogen-bond acceptors (Lipinski definition) is 4. The van der Waals surface area contributed by atoms with Gasteiger partial charge in [-0.2, -0.15) is 0 Å². The molecule has 0 aliphatic carbocycles. The fourth-order valence-electron chi connectivity index (χ4n) is 3.06. The Hall–Kier alpha value is -0.650. The van der Waals surface area contributed by atoms with Gasteiger partial charge < -0.3 is 15.0 Å². The molecule has 5 nitrogen and oxygen atoms in total. The molecule has 0 aromatic heterocycles. The molecule has 2 aliphatic heterocycles. The number of ether oxygens (including phenoxy) is 1. The summed E-state index contributed by atoms with van der Waals surface area (Å²) < 4.78 is 5.59. The molecule has 0 aromatic carbocycles. The second-order valence-corrected chi connectivity index (χ2v) is 6.28. The molecule has 1 amide bonds. The molecule has 2 fully saturated rings. The van der Waals surface area contributed by atoms with Crippen LogP contribution in [0.25, 0.3) is 0 Å². The Morgan fingerprint density at radius 3 is 2.75 bits per heavy atom. The number of nitrogens with one attached hydrogen (secondary N) is 1. The maximum Gasteiger partial charge on any atom is 0.223 e. The van der Waals surface area contributed by atoms with Crippen molar-refractivity contribution in [3.05, 3.63) is 0 Å². The van der Waals surface area contributed by atoms with Crippen LogP contribution in [0.1, 0.15) is 26.7 Å². The lowest BCUT2D eigenvalue weighted by atomic mass is 10.0. The predicted octanol–water partition coefficient (Wildman–Crippen LogP) is 0.555. The highest BCUT2D eigenvalue weighted by atomic mass is 16.5. The quantitative estimate of drug-likeness (QED) is 0.800. The third-order valence-corrected chi connectivity index (χ3v) is 4.18. The first kappa shape index (κ1) is 15.7. The molecule has 1 unspecified atom stereocenters. The van der Waals surface area contributed by atoms with Gasteiger partial charge in [0.2, 0.25) is 5.91 Å². The molecule has 116 valence electrons. The van der Waals surface area contributed by atoms with Gasteiger partial charge in [-0.1, -0.05) is 13.8 Å². The van der Waals surface area contributed by atoms with Crippen LogP contribution in [0.5, 0.6) is 0 Å². The zero-order valence-corrected chi connectivity index (χ0v) is 12.9. The highest BCUT2D eigenvalue weighted by Crippen LogP contribution is 2.16. The first-order chi connectivity index (χ1) is 9.66. The normalized spacial score (nSPS) is 25.1. The van der Waals surface area contributed by atoms with Gasteiger partial charge in [0.15, 0.2) is 0 Å². The van der Waals surface area contributed by atoms with Gasteiger partial charge in [-0.15, -0.1) is 0 Å². The number of rotatable bonds is 5. The third kappa shape index (κ3) is 4.72. The standard InChI is InChI=1S/C15H29N3O2/c1-13(2)11-14-12-20-10-9-17(14)6-3-15(19)18-7-4-16-5-8-18/h13-14,16H,3-12H2,1-2H3. The van der Waals surface area contributed by atoms with E-state index in [0.717, 1.165) is 58.9 Å². The topological polar surface area (TPSA) is 44.8 Å². The van der Waals surface area contributed by atoms with Crippen molar-refractivity contribution < 1.29 is 9.53 Å². The summed E-state index contributed by atoms with van der Waals surface area (Å²) in [6, 6.07) is 0.486. The molecule has 2 saturated heterocycles. The Morgan fingerprint density at radius 2 is 2.05 bits per heavy atom. The first-order valence-electron chi connectivity index (χ1n) is 7.97. The van der Waals surface area contributed by atoms with Gasteiger partial charge in [0.1, 0.15) is 0 Å².